The van der Waals surface area contributed by atoms with Crippen molar-refractivity contribution >= 4 is 38.2 Å². The highest BCUT2D eigenvalue weighted by molar-refractivity contribution is 9.10. The van der Waals surface area contributed by atoms with Crippen molar-refractivity contribution in [2.75, 3.05) is 5.32 Å². The number of H-pyrrole nitrogens is 2. The second-order valence-electron chi connectivity index (χ2n) is 6.52. The summed E-state index contributed by atoms with van der Waals surface area (Å²) in [7, 11) is 0. The molecule has 0 aliphatic carbocycles. The zero-order valence-electron chi connectivity index (χ0n) is 14.0. The number of anilines is 2. The molecule has 1 unspecified atom stereocenters. The molecule has 1 aromatic heterocycles. The lowest BCUT2D eigenvalue weighted by atomic mass is 9.80. The van der Waals surface area contributed by atoms with E-state index in [0.717, 1.165) is 32.1 Å². The Morgan fingerprint density at radius 3 is 2.44 bits per heavy atom. The molecule has 0 bridgehead atoms. The first-order chi connectivity index (χ1) is 13.1. The SMILES string of the molecule is O=c1[nH]c2c(c(=O)[nH]1)C(c1ccccc1Br)c1c(ccc3ccccc13)N2. The third-order valence-corrected chi connectivity index (χ3v) is 5.73. The van der Waals surface area contributed by atoms with Gasteiger partial charge in [-0.3, -0.25) is 14.8 Å². The third kappa shape index (κ3) is 2.44. The van der Waals surface area contributed by atoms with Crippen molar-refractivity contribution < 1.29 is 0 Å². The first-order valence-electron chi connectivity index (χ1n) is 8.53. The standard InChI is InChI=1S/C21H14BrN3O2/c22-14-8-4-3-7-13(14)17-16-12-6-2-1-5-11(12)9-10-15(16)23-19-18(17)20(26)25-21(27)24-19/h1-10,17H,(H3,23,24,25,26,27). The van der Waals surface area contributed by atoms with Crippen molar-refractivity contribution in [3.05, 3.63) is 103 Å². The molecule has 0 amide bonds. The highest BCUT2D eigenvalue weighted by Crippen LogP contribution is 2.46. The normalized spacial score (nSPS) is 15.1. The van der Waals surface area contributed by atoms with Crippen molar-refractivity contribution in [1.82, 2.24) is 9.97 Å². The fraction of sp³-hybridized carbons (Fsp3) is 0.0476. The first kappa shape index (κ1) is 16.1. The molecule has 0 saturated carbocycles. The number of hydrogen-bond acceptors (Lipinski definition) is 3. The molecule has 0 radical (unpaired) electrons. The smallest absolute Gasteiger partial charge is 0.327 e. The van der Waals surface area contributed by atoms with Crippen molar-refractivity contribution in [2.24, 2.45) is 0 Å². The van der Waals surface area contributed by atoms with Crippen LogP contribution in [-0.2, 0) is 0 Å². The molecule has 0 fully saturated rings. The van der Waals surface area contributed by atoms with Crippen molar-refractivity contribution in [3.63, 3.8) is 0 Å². The van der Waals surface area contributed by atoms with E-state index in [0.29, 0.717) is 11.4 Å². The summed E-state index contributed by atoms with van der Waals surface area (Å²) in [5, 5.41) is 5.41. The van der Waals surface area contributed by atoms with Crippen LogP contribution in [0.25, 0.3) is 10.8 Å². The van der Waals surface area contributed by atoms with Gasteiger partial charge in [0, 0.05) is 16.1 Å². The van der Waals surface area contributed by atoms with Gasteiger partial charge in [0.1, 0.15) is 5.82 Å². The van der Waals surface area contributed by atoms with Gasteiger partial charge in [0.2, 0.25) is 0 Å². The van der Waals surface area contributed by atoms with Crippen LogP contribution in [0.2, 0.25) is 0 Å². The van der Waals surface area contributed by atoms with E-state index in [1.54, 1.807) is 0 Å². The van der Waals surface area contributed by atoms with Crippen LogP contribution in [0.3, 0.4) is 0 Å². The number of hydrogen-bond donors (Lipinski definition) is 3. The van der Waals surface area contributed by atoms with Crippen molar-refractivity contribution in [3.8, 4) is 0 Å². The maximum atomic E-state index is 12.8. The van der Waals surface area contributed by atoms with Crippen LogP contribution in [0.15, 0.2) is 74.7 Å². The van der Waals surface area contributed by atoms with Gasteiger partial charge in [0.25, 0.3) is 5.56 Å². The van der Waals surface area contributed by atoms with Crippen LogP contribution in [0.1, 0.15) is 22.6 Å². The Morgan fingerprint density at radius 1 is 0.815 bits per heavy atom. The van der Waals surface area contributed by atoms with E-state index in [-0.39, 0.29) is 11.5 Å². The second kappa shape index (κ2) is 5.96. The Bertz CT molecular complexity index is 1320. The molecule has 132 valence electrons. The van der Waals surface area contributed by atoms with Gasteiger partial charge in [0.05, 0.1) is 5.56 Å². The molecule has 6 heteroatoms. The predicted octanol–water partition coefficient (Wildman–Crippen LogP) is 4.22. The maximum Gasteiger partial charge on any atom is 0.327 e. The molecule has 0 saturated heterocycles. The van der Waals surface area contributed by atoms with E-state index in [2.05, 4.69) is 43.3 Å². The van der Waals surface area contributed by atoms with Gasteiger partial charge in [-0.25, -0.2) is 4.79 Å². The molecular weight excluding hydrogens is 406 g/mol. The second-order valence-corrected chi connectivity index (χ2v) is 7.38. The van der Waals surface area contributed by atoms with E-state index in [9.17, 15) is 9.59 Å². The average molecular weight is 420 g/mol. The number of aromatic amines is 2. The Morgan fingerprint density at radius 2 is 1.59 bits per heavy atom. The van der Waals surface area contributed by atoms with E-state index in [1.165, 1.54) is 0 Å². The molecule has 3 N–H and O–H groups in total. The Kier molecular flexibility index (Phi) is 3.55. The van der Waals surface area contributed by atoms with E-state index >= 15 is 0 Å². The number of halogens is 1. The molecule has 4 aromatic rings. The Labute approximate surface area is 162 Å². The van der Waals surface area contributed by atoms with Crippen LogP contribution in [-0.4, -0.2) is 9.97 Å². The molecule has 5 nitrogen and oxygen atoms in total. The van der Waals surface area contributed by atoms with Crippen LogP contribution < -0.4 is 16.6 Å². The quantitative estimate of drug-likeness (QED) is 0.380. The Hall–Kier alpha value is -3.12. The van der Waals surface area contributed by atoms with Gasteiger partial charge in [-0.1, -0.05) is 64.5 Å². The molecule has 27 heavy (non-hydrogen) atoms. The van der Waals surface area contributed by atoms with E-state index in [4.69, 9.17) is 0 Å². The lowest BCUT2D eigenvalue weighted by molar-refractivity contribution is 0.890. The average Bonchev–Trinajstić information content (AvgIpc) is 2.66. The van der Waals surface area contributed by atoms with Crippen molar-refractivity contribution in [2.45, 2.75) is 5.92 Å². The predicted molar refractivity (Wildman–Crippen MR) is 110 cm³/mol. The van der Waals surface area contributed by atoms with Gasteiger partial charge in [0.15, 0.2) is 0 Å². The molecule has 1 aliphatic rings. The highest BCUT2D eigenvalue weighted by Gasteiger charge is 2.33. The van der Waals surface area contributed by atoms with Gasteiger partial charge in [-0.2, -0.15) is 0 Å². The number of nitrogens with one attached hydrogen (secondary N) is 3. The van der Waals surface area contributed by atoms with Gasteiger partial charge in [-0.15, -0.1) is 0 Å². The minimum Gasteiger partial charge on any atom is -0.341 e. The van der Waals surface area contributed by atoms with Crippen LogP contribution in [0.4, 0.5) is 11.5 Å². The molecule has 0 spiro atoms. The fourth-order valence-electron chi connectivity index (χ4n) is 3.88. The summed E-state index contributed by atoms with van der Waals surface area (Å²) in [6.07, 6.45) is 0. The number of benzene rings is 3. The summed E-state index contributed by atoms with van der Waals surface area (Å²) < 4.78 is 0.910. The zero-order chi connectivity index (χ0) is 18.5. The molecule has 3 aromatic carbocycles. The number of fused-ring (bicyclic) bond motifs is 4. The van der Waals surface area contributed by atoms with Crippen LogP contribution in [0, 0.1) is 0 Å². The number of aromatic nitrogens is 2. The summed E-state index contributed by atoms with van der Waals surface area (Å²) in [6.45, 7) is 0. The first-order valence-corrected chi connectivity index (χ1v) is 9.32. The fourth-order valence-corrected chi connectivity index (χ4v) is 4.40. The lowest BCUT2D eigenvalue weighted by Crippen LogP contribution is -2.32. The summed E-state index contributed by atoms with van der Waals surface area (Å²) in [6, 6.07) is 20.0. The molecule has 2 heterocycles. The zero-order valence-corrected chi connectivity index (χ0v) is 15.6. The maximum absolute atomic E-state index is 12.8. The van der Waals surface area contributed by atoms with Crippen molar-refractivity contribution in [1.29, 1.82) is 0 Å². The summed E-state index contributed by atoms with van der Waals surface area (Å²) in [5.74, 6) is 0.116. The molecule has 1 aliphatic heterocycles. The van der Waals surface area contributed by atoms with Gasteiger partial charge in [-0.05, 0) is 34.0 Å². The third-order valence-electron chi connectivity index (χ3n) is 5.00. The molecule has 5 rings (SSSR count). The monoisotopic (exact) mass is 419 g/mol. The molecular formula is C21H14BrN3O2. The highest BCUT2D eigenvalue weighted by atomic mass is 79.9. The topological polar surface area (TPSA) is 77.8 Å². The van der Waals surface area contributed by atoms with E-state index < -0.39 is 5.69 Å². The van der Waals surface area contributed by atoms with Gasteiger partial charge >= 0.3 is 5.69 Å². The summed E-state index contributed by atoms with van der Waals surface area (Å²) in [4.78, 5) is 29.7. The number of rotatable bonds is 1. The minimum atomic E-state index is -0.527. The van der Waals surface area contributed by atoms with Crippen LogP contribution in [0.5, 0.6) is 0 Å². The van der Waals surface area contributed by atoms with Crippen LogP contribution >= 0.6 is 15.9 Å². The largest absolute Gasteiger partial charge is 0.341 e. The Balaban J connectivity index is 1.94. The van der Waals surface area contributed by atoms with E-state index in [1.807, 2.05) is 48.5 Å². The summed E-state index contributed by atoms with van der Waals surface area (Å²) >= 11 is 3.63. The molecule has 1 atom stereocenters. The minimum absolute atomic E-state index is 0.321. The van der Waals surface area contributed by atoms with Gasteiger partial charge < -0.3 is 5.32 Å². The lowest BCUT2D eigenvalue weighted by Gasteiger charge is -2.30. The summed E-state index contributed by atoms with van der Waals surface area (Å²) in [5.41, 5.74) is 2.45.